The van der Waals surface area contributed by atoms with Gasteiger partial charge in [0.2, 0.25) is 17.6 Å². The van der Waals surface area contributed by atoms with E-state index in [-0.39, 0.29) is 17.5 Å². The first kappa shape index (κ1) is 22.9. The third-order valence-electron chi connectivity index (χ3n) is 5.52. The van der Waals surface area contributed by atoms with Crippen molar-refractivity contribution in [1.82, 2.24) is 15.0 Å². The van der Waals surface area contributed by atoms with Crippen molar-refractivity contribution in [3.05, 3.63) is 62.9 Å². The SMILES string of the molecule is COc1ccc([N+](=O)[O-])cc1NC(=O)C1CCN(Cc2nc(-c3cccc(Br)c3)no2)CC1. The van der Waals surface area contributed by atoms with E-state index in [0.717, 1.165) is 10.0 Å². The van der Waals surface area contributed by atoms with Gasteiger partial charge in [-0.15, -0.1) is 0 Å². The van der Waals surface area contributed by atoms with Crippen LogP contribution in [0.1, 0.15) is 18.7 Å². The number of halogens is 1. The van der Waals surface area contributed by atoms with Crippen molar-refractivity contribution in [1.29, 1.82) is 0 Å². The van der Waals surface area contributed by atoms with E-state index >= 15 is 0 Å². The Hall–Kier alpha value is -3.31. The number of hydrogen-bond acceptors (Lipinski definition) is 8. The Labute approximate surface area is 198 Å². The van der Waals surface area contributed by atoms with Gasteiger partial charge < -0.3 is 14.6 Å². The van der Waals surface area contributed by atoms with E-state index in [2.05, 4.69) is 36.3 Å². The first-order chi connectivity index (χ1) is 15.9. The lowest BCUT2D eigenvalue weighted by atomic mass is 9.95. The summed E-state index contributed by atoms with van der Waals surface area (Å²) >= 11 is 3.44. The highest BCUT2D eigenvalue weighted by molar-refractivity contribution is 9.10. The highest BCUT2D eigenvalue weighted by Gasteiger charge is 2.27. The number of piperidine rings is 1. The molecule has 0 bridgehead atoms. The number of carbonyl (C=O) groups is 1. The number of carbonyl (C=O) groups excluding carboxylic acids is 1. The average molecular weight is 516 g/mol. The number of nitrogens with one attached hydrogen (secondary N) is 1. The monoisotopic (exact) mass is 515 g/mol. The van der Waals surface area contributed by atoms with Gasteiger partial charge in [0, 0.05) is 28.1 Å². The molecule has 0 unspecified atom stereocenters. The largest absolute Gasteiger partial charge is 0.495 e. The fourth-order valence-corrected chi connectivity index (χ4v) is 4.15. The second-order valence-electron chi connectivity index (χ2n) is 7.70. The number of nitro groups is 1. The number of hydrogen-bond donors (Lipinski definition) is 1. The number of anilines is 1. The van der Waals surface area contributed by atoms with E-state index < -0.39 is 4.92 Å². The van der Waals surface area contributed by atoms with Gasteiger partial charge >= 0.3 is 0 Å². The third kappa shape index (κ3) is 5.55. The molecule has 3 aromatic rings. The molecule has 0 radical (unpaired) electrons. The van der Waals surface area contributed by atoms with Gasteiger partial charge in [0.25, 0.3) is 5.69 Å². The Morgan fingerprint density at radius 3 is 2.79 bits per heavy atom. The van der Waals surface area contributed by atoms with Crippen molar-refractivity contribution in [2.24, 2.45) is 5.92 Å². The summed E-state index contributed by atoms with van der Waals surface area (Å²) in [5.74, 6) is 1.05. The number of ether oxygens (including phenoxy) is 1. The number of methoxy groups -OCH3 is 1. The van der Waals surface area contributed by atoms with Crippen molar-refractivity contribution in [3.63, 3.8) is 0 Å². The van der Waals surface area contributed by atoms with Crippen molar-refractivity contribution < 1.29 is 19.0 Å². The molecule has 1 N–H and O–H groups in total. The maximum absolute atomic E-state index is 12.8. The number of benzene rings is 2. The minimum Gasteiger partial charge on any atom is -0.495 e. The van der Waals surface area contributed by atoms with Crippen LogP contribution in [0.2, 0.25) is 0 Å². The Bertz CT molecular complexity index is 1160. The molecule has 1 aliphatic heterocycles. The number of non-ortho nitro benzene ring substituents is 1. The maximum atomic E-state index is 12.8. The highest BCUT2D eigenvalue weighted by atomic mass is 79.9. The highest BCUT2D eigenvalue weighted by Crippen LogP contribution is 2.30. The Kier molecular flexibility index (Phi) is 6.99. The van der Waals surface area contributed by atoms with Crippen LogP contribution in [-0.4, -0.2) is 46.1 Å². The van der Waals surface area contributed by atoms with Crippen LogP contribution < -0.4 is 10.1 Å². The summed E-state index contributed by atoms with van der Waals surface area (Å²) in [7, 11) is 1.45. The predicted molar refractivity (Wildman–Crippen MR) is 124 cm³/mol. The van der Waals surface area contributed by atoms with Crippen LogP contribution in [0.25, 0.3) is 11.4 Å². The van der Waals surface area contributed by atoms with Crippen molar-refractivity contribution in [2.75, 3.05) is 25.5 Å². The molecule has 1 fully saturated rings. The number of nitrogens with zero attached hydrogens (tertiary/aromatic N) is 4. The lowest BCUT2D eigenvalue weighted by molar-refractivity contribution is -0.384. The first-order valence-corrected chi connectivity index (χ1v) is 11.2. The zero-order chi connectivity index (χ0) is 23.4. The van der Waals surface area contributed by atoms with Crippen LogP contribution in [0, 0.1) is 16.0 Å². The molecule has 0 atom stereocenters. The smallest absolute Gasteiger partial charge is 0.271 e. The number of rotatable bonds is 7. The van der Waals surface area contributed by atoms with E-state index in [1.807, 2.05) is 24.3 Å². The van der Waals surface area contributed by atoms with E-state index in [1.54, 1.807) is 0 Å². The predicted octanol–water partition coefficient (Wildman–Crippen LogP) is 4.27. The van der Waals surface area contributed by atoms with Crippen LogP contribution in [0.15, 0.2) is 51.5 Å². The van der Waals surface area contributed by atoms with Gasteiger partial charge in [-0.05, 0) is 44.1 Å². The number of likely N-dealkylation sites (tertiary alicyclic amines) is 1. The summed E-state index contributed by atoms with van der Waals surface area (Å²) < 4.78 is 11.6. The van der Waals surface area contributed by atoms with Gasteiger partial charge in [-0.25, -0.2) is 0 Å². The molecule has 4 rings (SSSR count). The van der Waals surface area contributed by atoms with Crippen LogP contribution in [0.3, 0.4) is 0 Å². The molecule has 2 heterocycles. The van der Waals surface area contributed by atoms with Gasteiger partial charge in [0.05, 0.1) is 24.3 Å². The van der Waals surface area contributed by atoms with E-state index in [0.29, 0.717) is 55.6 Å². The summed E-state index contributed by atoms with van der Waals surface area (Å²) in [6, 6.07) is 11.8. The normalized spacial score (nSPS) is 14.7. The Balaban J connectivity index is 1.33. The van der Waals surface area contributed by atoms with E-state index in [9.17, 15) is 14.9 Å². The number of nitro benzene ring substituents is 1. The number of aromatic nitrogens is 2. The topological polar surface area (TPSA) is 124 Å². The quantitative estimate of drug-likeness (QED) is 0.365. The van der Waals surface area contributed by atoms with Gasteiger partial charge in [-0.3, -0.25) is 19.8 Å². The lowest BCUT2D eigenvalue weighted by Gasteiger charge is -2.30. The summed E-state index contributed by atoms with van der Waals surface area (Å²) in [5, 5.41) is 17.9. The van der Waals surface area contributed by atoms with Crippen LogP contribution >= 0.6 is 15.9 Å². The summed E-state index contributed by atoms with van der Waals surface area (Å²) in [6.07, 6.45) is 1.30. The van der Waals surface area contributed by atoms with Gasteiger partial charge in [-0.1, -0.05) is 33.2 Å². The van der Waals surface area contributed by atoms with Crippen LogP contribution in [0.4, 0.5) is 11.4 Å². The van der Waals surface area contributed by atoms with Gasteiger partial charge in [-0.2, -0.15) is 4.98 Å². The maximum Gasteiger partial charge on any atom is 0.271 e. The molecule has 1 aromatic heterocycles. The molecular weight excluding hydrogens is 494 g/mol. The zero-order valence-corrected chi connectivity index (χ0v) is 19.4. The molecule has 1 aliphatic rings. The van der Waals surface area contributed by atoms with Crippen molar-refractivity contribution in [3.8, 4) is 17.1 Å². The molecule has 0 saturated carbocycles. The molecule has 1 amide bonds. The van der Waals surface area contributed by atoms with Crippen LogP contribution in [-0.2, 0) is 11.3 Å². The molecular formula is C22H22BrN5O5. The van der Waals surface area contributed by atoms with Crippen molar-refractivity contribution >= 4 is 33.2 Å². The van der Waals surface area contributed by atoms with Crippen molar-refractivity contribution in [2.45, 2.75) is 19.4 Å². The van der Waals surface area contributed by atoms with Gasteiger partial charge in [0.15, 0.2) is 0 Å². The molecule has 2 aromatic carbocycles. The Morgan fingerprint density at radius 1 is 1.30 bits per heavy atom. The van der Waals surface area contributed by atoms with E-state index in [4.69, 9.17) is 9.26 Å². The molecule has 11 heteroatoms. The molecule has 0 spiro atoms. The Morgan fingerprint density at radius 2 is 2.09 bits per heavy atom. The third-order valence-corrected chi connectivity index (χ3v) is 6.01. The standard InChI is InChI=1S/C22H22BrN5O5/c1-32-19-6-5-17(28(30)31)12-18(19)24-22(29)14-7-9-27(10-8-14)13-20-25-21(26-33-20)15-3-2-4-16(23)11-15/h2-6,11-12,14H,7-10,13H2,1H3,(H,24,29). The minimum absolute atomic E-state index is 0.109. The second-order valence-corrected chi connectivity index (χ2v) is 8.62. The molecule has 1 saturated heterocycles. The van der Waals surface area contributed by atoms with E-state index in [1.165, 1.54) is 25.3 Å². The summed E-state index contributed by atoms with van der Waals surface area (Å²) in [5.41, 5.74) is 1.05. The minimum atomic E-state index is -0.507. The van der Waals surface area contributed by atoms with Crippen LogP contribution in [0.5, 0.6) is 5.75 Å². The molecule has 10 nitrogen and oxygen atoms in total. The molecule has 0 aliphatic carbocycles. The average Bonchev–Trinajstić information content (AvgIpc) is 3.28. The summed E-state index contributed by atoms with van der Waals surface area (Å²) in [4.78, 5) is 30.0. The lowest BCUT2D eigenvalue weighted by Crippen LogP contribution is -2.37. The summed E-state index contributed by atoms with van der Waals surface area (Å²) in [6.45, 7) is 1.89. The molecule has 172 valence electrons. The molecule has 33 heavy (non-hydrogen) atoms. The fourth-order valence-electron chi connectivity index (χ4n) is 3.75. The first-order valence-electron chi connectivity index (χ1n) is 10.4. The number of amides is 1. The fraction of sp³-hybridized carbons (Fsp3) is 0.318. The van der Waals surface area contributed by atoms with Gasteiger partial charge in [0.1, 0.15) is 5.75 Å². The zero-order valence-electron chi connectivity index (χ0n) is 17.9. The second kappa shape index (κ2) is 10.1.